The average Bonchev–Trinajstić information content (AvgIpc) is 2.66. The number of hydrogen-bond acceptors (Lipinski definition) is 5. The number of H-pyrrole nitrogens is 1. The summed E-state index contributed by atoms with van der Waals surface area (Å²) in [6.45, 7) is 1.91. The molecule has 7 heteroatoms. The van der Waals surface area contributed by atoms with Gasteiger partial charge in [0.2, 0.25) is 0 Å². The summed E-state index contributed by atoms with van der Waals surface area (Å²) in [5.41, 5.74) is 1.63. The molecule has 0 aliphatic rings. The van der Waals surface area contributed by atoms with Gasteiger partial charge in [0.1, 0.15) is 0 Å². The van der Waals surface area contributed by atoms with Crippen molar-refractivity contribution in [3.8, 4) is 23.3 Å². The Hall–Kier alpha value is -2.83. The quantitative estimate of drug-likeness (QED) is 0.445. The number of aromatic amines is 1. The van der Waals surface area contributed by atoms with E-state index in [1.807, 2.05) is 25.1 Å². The molecule has 0 fully saturated rings. The van der Waals surface area contributed by atoms with Gasteiger partial charge in [-0.25, -0.2) is 9.71 Å². The molecule has 0 bridgehead atoms. The molecule has 3 aromatic rings. The fourth-order valence-electron chi connectivity index (χ4n) is 1.96. The predicted molar refractivity (Wildman–Crippen MR) is 66.4 cm³/mol. The molecule has 0 saturated carbocycles. The molecule has 3 rings (SSSR count). The zero-order valence-electron chi connectivity index (χ0n) is 9.95. The van der Waals surface area contributed by atoms with Gasteiger partial charge in [0.25, 0.3) is 22.9 Å². The highest BCUT2D eigenvalue weighted by molar-refractivity contribution is 5.75. The van der Waals surface area contributed by atoms with E-state index in [4.69, 9.17) is 0 Å². The van der Waals surface area contributed by atoms with Crippen LogP contribution in [0.1, 0.15) is 5.56 Å². The summed E-state index contributed by atoms with van der Waals surface area (Å²) in [5, 5.41) is 30.9. The van der Waals surface area contributed by atoms with Crippen LogP contribution in [0.4, 0.5) is 0 Å². The van der Waals surface area contributed by atoms with Crippen molar-refractivity contribution in [3.05, 3.63) is 35.0 Å². The predicted octanol–water partition coefficient (Wildman–Crippen LogP) is 0.978. The Balaban J connectivity index is 2.31. The van der Waals surface area contributed by atoms with Crippen LogP contribution >= 0.6 is 0 Å². The number of fused-ring (bicyclic) bond motifs is 1. The summed E-state index contributed by atoms with van der Waals surface area (Å²) in [7, 11) is 0. The second kappa shape index (κ2) is 3.84. The highest BCUT2D eigenvalue weighted by Gasteiger charge is 2.22. The van der Waals surface area contributed by atoms with Crippen molar-refractivity contribution < 1.29 is 14.9 Å². The molecular weight excluding hydrogens is 248 g/mol. The van der Waals surface area contributed by atoms with Crippen LogP contribution in [0.25, 0.3) is 22.6 Å². The lowest BCUT2D eigenvalue weighted by Gasteiger charge is -2.03. The minimum absolute atomic E-state index is 0.0801. The molecule has 2 heterocycles. The van der Waals surface area contributed by atoms with E-state index in [-0.39, 0.29) is 17.0 Å². The molecule has 0 saturated heterocycles. The Morgan fingerprint density at radius 2 is 2.05 bits per heavy atom. The van der Waals surface area contributed by atoms with Crippen molar-refractivity contribution >= 4 is 11.2 Å². The first kappa shape index (κ1) is 11.3. The van der Waals surface area contributed by atoms with Crippen LogP contribution in [0.2, 0.25) is 0 Å². The first-order valence-electron chi connectivity index (χ1n) is 5.54. The molecule has 0 aliphatic carbocycles. The number of rotatable bonds is 1. The smallest absolute Gasteiger partial charge is 0.321 e. The lowest BCUT2D eigenvalue weighted by molar-refractivity contribution is -0.565. The number of hydrogen-bond donors (Lipinski definition) is 3. The Kier molecular flexibility index (Phi) is 2.28. The highest BCUT2D eigenvalue weighted by Crippen LogP contribution is 2.24. The van der Waals surface area contributed by atoms with Gasteiger partial charge in [-0.1, -0.05) is 17.7 Å². The first-order valence-corrected chi connectivity index (χ1v) is 5.54. The summed E-state index contributed by atoms with van der Waals surface area (Å²) in [6, 6.07) is 6.71. The van der Waals surface area contributed by atoms with E-state index < -0.39 is 11.9 Å². The van der Waals surface area contributed by atoms with Gasteiger partial charge in [0.15, 0.2) is 0 Å². The Bertz CT molecular complexity index is 782. The molecule has 0 unspecified atom stereocenters. The fourth-order valence-corrected chi connectivity index (χ4v) is 1.96. The van der Waals surface area contributed by atoms with E-state index in [0.717, 1.165) is 5.56 Å². The van der Waals surface area contributed by atoms with Gasteiger partial charge in [-0.2, -0.15) is 9.97 Å². The molecule has 96 valence electrons. The zero-order valence-corrected chi connectivity index (χ0v) is 9.95. The molecule has 0 radical (unpaired) electrons. The van der Waals surface area contributed by atoms with Crippen LogP contribution < -0.4 is 4.73 Å². The van der Waals surface area contributed by atoms with Crippen molar-refractivity contribution in [3.63, 3.8) is 0 Å². The van der Waals surface area contributed by atoms with Crippen LogP contribution in [-0.4, -0.2) is 25.2 Å². The number of imidazole rings is 1. The molecular formula is C12H10N4O3. The van der Waals surface area contributed by atoms with Crippen molar-refractivity contribution in [1.82, 2.24) is 15.0 Å². The second-order valence-electron chi connectivity index (χ2n) is 4.18. The molecule has 0 spiro atoms. The molecule has 1 aromatic carbocycles. The summed E-state index contributed by atoms with van der Waals surface area (Å²) >= 11 is 0. The Labute approximate surface area is 107 Å². The molecule has 7 nitrogen and oxygen atoms in total. The van der Waals surface area contributed by atoms with Crippen LogP contribution in [0.5, 0.6) is 11.9 Å². The topological polar surface area (TPSA) is 109 Å². The van der Waals surface area contributed by atoms with Gasteiger partial charge < -0.3 is 15.4 Å². The van der Waals surface area contributed by atoms with Gasteiger partial charge in [0.05, 0.1) is 5.56 Å². The summed E-state index contributed by atoms with van der Waals surface area (Å²) in [6.07, 6.45) is 0. The third kappa shape index (κ3) is 1.71. The zero-order chi connectivity index (χ0) is 13.6. The van der Waals surface area contributed by atoms with E-state index in [0.29, 0.717) is 10.3 Å². The second-order valence-corrected chi connectivity index (χ2v) is 4.18. The van der Waals surface area contributed by atoms with Crippen LogP contribution in [-0.2, 0) is 0 Å². The third-order valence-corrected chi connectivity index (χ3v) is 2.79. The molecule has 0 atom stereocenters. The van der Waals surface area contributed by atoms with Crippen LogP contribution in [0.3, 0.4) is 0 Å². The number of aryl methyl sites for hydroxylation is 1. The molecule has 3 N–H and O–H groups in total. The highest BCUT2D eigenvalue weighted by atomic mass is 16.5. The van der Waals surface area contributed by atoms with E-state index in [9.17, 15) is 15.4 Å². The molecule has 2 aromatic heterocycles. The van der Waals surface area contributed by atoms with Crippen LogP contribution in [0.15, 0.2) is 24.3 Å². The van der Waals surface area contributed by atoms with E-state index in [1.165, 1.54) is 0 Å². The minimum atomic E-state index is -0.595. The van der Waals surface area contributed by atoms with Gasteiger partial charge in [-0.05, 0) is 19.1 Å². The number of nitrogens with zero attached hydrogens (tertiary/aromatic N) is 3. The van der Waals surface area contributed by atoms with Gasteiger partial charge in [0, 0.05) is 0 Å². The van der Waals surface area contributed by atoms with Crippen LogP contribution in [0, 0.1) is 12.1 Å². The maximum absolute atomic E-state index is 12.1. The minimum Gasteiger partial charge on any atom is -0.710 e. The monoisotopic (exact) mass is 258 g/mol. The standard InChI is InChI=1S/C12H10N4O3/c1-6-3-2-4-7(5-6)10-13-9-8(16(10)19)11(17)15-12(18)14-9/h2-5H,1H3,(H3,13,14,15,17,18). The fraction of sp³-hybridized carbons (Fsp3) is 0.0833. The van der Waals surface area contributed by atoms with Crippen molar-refractivity contribution in [2.24, 2.45) is 0 Å². The Morgan fingerprint density at radius 3 is 2.79 bits per heavy atom. The normalized spacial score (nSPS) is 11.0. The number of aromatic nitrogens is 4. The SMILES string of the molecule is Cc1cccc(-c2[nH]c3nc(O)nc(O)c3[n+]2[O-])c1. The molecule has 19 heavy (non-hydrogen) atoms. The van der Waals surface area contributed by atoms with E-state index >= 15 is 0 Å². The van der Waals surface area contributed by atoms with E-state index in [1.54, 1.807) is 6.07 Å². The van der Waals surface area contributed by atoms with Crippen molar-refractivity contribution in [2.75, 3.05) is 0 Å². The number of benzene rings is 1. The third-order valence-electron chi connectivity index (χ3n) is 2.79. The van der Waals surface area contributed by atoms with E-state index in [2.05, 4.69) is 15.0 Å². The summed E-state index contributed by atoms with van der Waals surface area (Å²) in [4.78, 5) is 9.79. The summed E-state index contributed by atoms with van der Waals surface area (Å²) < 4.78 is 0.513. The maximum Gasteiger partial charge on any atom is 0.321 e. The summed E-state index contributed by atoms with van der Waals surface area (Å²) in [5.74, 6) is -0.332. The lowest BCUT2D eigenvalue weighted by Crippen LogP contribution is -2.27. The number of nitrogens with one attached hydrogen (secondary N) is 1. The average molecular weight is 258 g/mol. The lowest BCUT2D eigenvalue weighted by atomic mass is 10.1. The largest absolute Gasteiger partial charge is 0.710 e. The van der Waals surface area contributed by atoms with Crippen molar-refractivity contribution in [2.45, 2.75) is 6.92 Å². The molecule has 0 amide bonds. The Morgan fingerprint density at radius 1 is 1.26 bits per heavy atom. The molecule has 0 aliphatic heterocycles. The first-order chi connectivity index (χ1) is 9.06. The van der Waals surface area contributed by atoms with Gasteiger partial charge >= 0.3 is 6.01 Å². The maximum atomic E-state index is 12.1. The number of aromatic hydroxyl groups is 2. The van der Waals surface area contributed by atoms with Gasteiger partial charge in [-0.3, -0.25) is 0 Å². The van der Waals surface area contributed by atoms with Crippen molar-refractivity contribution in [1.29, 1.82) is 0 Å². The van der Waals surface area contributed by atoms with Gasteiger partial charge in [-0.15, -0.1) is 0 Å².